The van der Waals surface area contributed by atoms with Crippen molar-refractivity contribution in [1.29, 1.82) is 0 Å². The molecule has 6 nitrogen and oxygen atoms in total. The molecule has 0 fully saturated rings. The molecule has 156 valence electrons. The van der Waals surface area contributed by atoms with E-state index in [1.165, 1.54) is 4.90 Å². The van der Waals surface area contributed by atoms with Gasteiger partial charge < -0.3 is 23.9 Å². The van der Waals surface area contributed by atoms with Gasteiger partial charge >= 0.3 is 6.09 Å². The molecular formula is C23H29NO5. The van der Waals surface area contributed by atoms with E-state index >= 15 is 0 Å². The summed E-state index contributed by atoms with van der Waals surface area (Å²) in [5, 5.41) is 0. The lowest BCUT2D eigenvalue weighted by atomic mass is 10.1. The molecule has 2 rings (SSSR count). The van der Waals surface area contributed by atoms with Gasteiger partial charge in [-0.1, -0.05) is 24.3 Å². The topological polar surface area (TPSA) is 65.1 Å². The first-order valence-electron chi connectivity index (χ1n) is 9.47. The molecule has 0 unspecified atom stereocenters. The Morgan fingerprint density at radius 2 is 1.55 bits per heavy atom. The third kappa shape index (κ3) is 7.14. The van der Waals surface area contributed by atoms with Crippen LogP contribution in [-0.2, 0) is 22.6 Å². The number of carbonyl (C=O) groups excluding carboxylic acids is 2. The van der Waals surface area contributed by atoms with Crippen LogP contribution in [-0.4, -0.2) is 43.1 Å². The van der Waals surface area contributed by atoms with E-state index in [1.807, 2.05) is 48.5 Å². The average Bonchev–Trinajstić information content (AvgIpc) is 2.70. The van der Waals surface area contributed by atoms with Crippen LogP contribution in [0.2, 0.25) is 0 Å². The number of amides is 1. The molecule has 0 radical (unpaired) electrons. The number of nitrogens with zero attached hydrogens (tertiary/aromatic N) is 1. The number of methoxy groups -OCH3 is 1. The van der Waals surface area contributed by atoms with E-state index in [0.29, 0.717) is 13.0 Å². The number of ether oxygens (including phenoxy) is 3. The summed E-state index contributed by atoms with van der Waals surface area (Å²) >= 11 is 0. The minimum absolute atomic E-state index is 0.401. The lowest BCUT2D eigenvalue weighted by molar-refractivity contribution is -0.112. The van der Waals surface area contributed by atoms with Crippen LogP contribution in [0.15, 0.2) is 48.5 Å². The second kappa shape index (κ2) is 9.96. The van der Waals surface area contributed by atoms with Gasteiger partial charge in [0.15, 0.2) is 0 Å². The Labute approximate surface area is 172 Å². The highest BCUT2D eigenvalue weighted by Crippen LogP contribution is 2.18. The molecule has 0 aliphatic rings. The normalized spacial score (nSPS) is 12.0. The van der Waals surface area contributed by atoms with E-state index in [1.54, 1.807) is 34.9 Å². The number of benzene rings is 2. The molecule has 0 aliphatic carbocycles. The average molecular weight is 399 g/mol. The molecular weight excluding hydrogens is 370 g/mol. The summed E-state index contributed by atoms with van der Waals surface area (Å²) in [6, 6.07) is 14.6. The summed E-state index contributed by atoms with van der Waals surface area (Å²) in [6.07, 6.45) is 0.643. The van der Waals surface area contributed by atoms with Crippen LogP contribution in [0.5, 0.6) is 11.5 Å². The van der Waals surface area contributed by atoms with Gasteiger partial charge in [0.25, 0.3) is 0 Å². The maximum absolute atomic E-state index is 12.2. The van der Waals surface area contributed by atoms with Crippen molar-refractivity contribution >= 4 is 12.4 Å². The van der Waals surface area contributed by atoms with Crippen LogP contribution in [0.25, 0.3) is 0 Å². The van der Waals surface area contributed by atoms with E-state index < -0.39 is 17.7 Å². The summed E-state index contributed by atoms with van der Waals surface area (Å²) in [5.41, 5.74) is 1.35. The monoisotopic (exact) mass is 399 g/mol. The molecule has 0 bridgehead atoms. The molecule has 0 saturated heterocycles. The fourth-order valence-electron chi connectivity index (χ4n) is 2.60. The predicted octanol–water partition coefficient (Wildman–Crippen LogP) is 4.25. The van der Waals surface area contributed by atoms with E-state index in [-0.39, 0.29) is 0 Å². The van der Waals surface area contributed by atoms with Gasteiger partial charge in [0.1, 0.15) is 30.0 Å². The van der Waals surface area contributed by atoms with E-state index in [4.69, 9.17) is 14.2 Å². The fraction of sp³-hybridized carbons (Fsp3) is 0.391. The van der Waals surface area contributed by atoms with E-state index in [2.05, 4.69) is 0 Å². The van der Waals surface area contributed by atoms with Crippen molar-refractivity contribution in [3.05, 3.63) is 59.7 Å². The van der Waals surface area contributed by atoms with Crippen molar-refractivity contribution in [2.45, 2.75) is 45.4 Å². The standard InChI is InChI=1S/C23H29NO5/c1-23(2,3)29-22(26)24(4)19(15-25)14-17-6-12-21(13-7-17)28-16-18-8-10-20(27-5)11-9-18/h6-13,15,19H,14,16H2,1-5H3/t19-/m0/s1. The summed E-state index contributed by atoms with van der Waals surface area (Å²) in [7, 11) is 3.20. The largest absolute Gasteiger partial charge is 0.497 e. The Bertz CT molecular complexity index is 794. The Morgan fingerprint density at radius 3 is 2.07 bits per heavy atom. The van der Waals surface area contributed by atoms with Gasteiger partial charge in [0.2, 0.25) is 0 Å². The molecule has 6 heteroatoms. The van der Waals surface area contributed by atoms with Gasteiger partial charge in [0, 0.05) is 7.05 Å². The molecule has 2 aromatic rings. The summed E-state index contributed by atoms with van der Waals surface area (Å²) in [4.78, 5) is 25.0. The zero-order valence-electron chi connectivity index (χ0n) is 17.7. The summed E-state index contributed by atoms with van der Waals surface area (Å²) < 4.78 is 16.3. The minimum Gasteiger partial charge on any atom is -0.497 e. The van der Waals surface area contributed by atoms with Crippen LogP contribution >= 0.6 is 0 Å². The van der Waals surface area contributed by atoms with Gasteiger partial charge in [-0.3, -0.25) is 0 Å². The quantitative estimate of drug-likeness (QED) is 0.621. The Balaban J connectivity index is 1.92. The Morgan fingerprint density at radius 1 is 1.00 bits per heavy atom. The number of carbonyl (C=O) groups is 2. The second-order valence-corrected chi connectivity index (χ2v) is 7.78. The second-order valence-electron chi connectivity index (χ2n) is 7.78. The van der Waals surface area contributed by atoms with Crippen molar-refractivity contribution < 1.29 is 23.8 Å². The molecule has 0 aromatic heterocycles. The minimum atomic E-state index is -0.609. The molecule has 1 atom stereocenters. The first-order chi connectivity index (χ1) is 13.7. The van der Waals surface area contributed by atoms with Crippen molar-refractivity contribution in [1.82, 2.24) is 4.90 Å². The van der Waals surface area contributed by atoms with Crippen LogP contribution < -0.4 is 9.47 Å². The number of hydrogen-bond acceptors (Lipinski definition) is 5. The zero-order valence-corrected chi connectivity index (χ0v) is 17.7. The first-order valence-corrected chi connectivity index (χ1v) is 9.47. The molecule has 29 heavy (non-hydrogen) atoms. The molecule has 0 spiro atoms. The Hall–Kier alpha value is -3.02. The third-order valence-electron chi connectivity index (χ3n) is 4.27. The van der Waals surface area contributed by atoms with Gasteiger partial charge in [-0.25, -0.2) is 4.79 Å². The van der Waals surface area contributed by atoms with Crippen molar-refractivity contribution in [2.75, 3.05) is 14.2 Å². The number of likely N-dealkylation sites (N-methyl/N-ethyl adjacent to an activating group) is 1. The third-order valence-corrected chi connectivity index (χ3v) is 4.27. The fourth-order valence-corrected chi connectivity index (χ4v) is 2.60. The van der Waals surface area contributed by atoms with Gasteiger partial charge in [-0.15, -0.1) is 0 Å². The van der Waals surface area contributed by atoms with Gasteiger partial charge in [-0.05, 0) is 62.6 Å². The van der Waals surface area contributed by atoms with Gasteiger partial charge in [-0.2, -0.15) is 0 Å². The lowest BCUT2D eigenvalue weighted by Gasteiger charge is -2.28. The van der Waals surface area contributed by atoms with Crippen LogP contribution in [0.3, 0.4) is 0 Å². The zero-order chi connectivity index (χ0) is 21.4. The number of aldehydes is 1. The van der Waals surface area contributed by atoms with E-state index in [9.17, 15) is 9.59 Å². The smallest absolute Gasteiger partial charge is 0.410 e. The summed E-state index contributed by atoms with van der Waals surface area (Å²) in [6.45, 7) is 5.82. The van der Waals surface area contributed by atoms with Crippen LogP contribution in [0.4, 0.5) is 4.79 Å². The van der Waals surface area contributed by atoms with Crippen molar-refractivity contribution in [3.63, 3.8) is 0 Å². The highest BCUT2D eigenvalue weighted by atomic mass is 16.6. The maximum Gasteiger partial charge on any atom is 0.410 e. The SMILES string of the molecule is COc1ccc(COc2ccc(C[C@@H](C=O)N(C)C(=O)OC(C)(C)C)cc2)cc1. The molecule has 2 aromatic carbocycles. The number of rotatable bonds is 8. The van der Waals surface area contributed by atoms with Gasteiger partial charge in [0.05, 0.1) is 13.2 Å². The maximum atomic E-state index is 12.2. The van der Waals surface area contributed by atoms with Crippen molar-refractivity contribution in [3.8, 4) is 11.5 Å². The van der Waals surface area contributed by atoms with Crippen LogP contribution in [0.1, 0.15) is 31.9 Å². The van der Waals surface area contributed by atoms with Crippen LogP contribution in [0, 0.1) is 0 Å². The first kappa shape index (κ1) is 22.3. The van der Waals surface area contributed by atoms with Crippen molar-refractivity contribution in [2.24, 2.45) is 0 Å². The predicted molar refractivity (Wildman–Crippen MR) is 111 cm³/mol. The molecule has 0 N–H and O–H groups in total. The molecule has 0 saturated carbocycles. The highest BCUT2D eigenvalue weighted by Gasteiger charge is 2.25. The summed E-state index contributed by atoms with van der Waals surface area (Å²) in [5.74, 6) is 1.53. The molecule has 0 heterocycles. The Kier molecular flexibility index (Phi) is 7.65. The molecule has 1 amide bonds. The van der Waals surface area contributed by atoms with E-state index in [0.717, 1.165) is 28.9 Å². The molecule has 0 aliphatic heterocycles. The number of hydrogen-bond donors (Lipinski definition) is 0. The highest BCUT2D eigenvalue weighted by molar-refractivity contribution is 5.73. The lowest BCUT2D eigenvalue weighted by Crippen LogP contribution is -2.42.